The van der Waals surface area contributed by atoms with Crippen LogP contribution in [0.15, 0.2) is 24.3 Å². The number of rotatable bonds is 7. The first kappa shape index (κ1) is 22.9. The van der Waals surface area contributed by atoms with Gasteiger partial charge in [-0.3, -0.25) is 40.9 Å². The Kier molecular flexibility index (Phi) is 11.7. The monoisotopic (exact) mass is 368 g/mol. The summed E-state index contributed by atoms with van der Waals surface area (Å²) in [7, 11) is 0. The highest BCUT2D eigenvalue weighted by atomic mass is 16.2. The van der Waals surface area contributed by atoms with Gasteiger partial charge in [-0.1, -0.05) is 6.07 Å². The molecule has 1 rings (SSSR count). The number of nitrogen functional groups attached to an aromatic ring is 2. The van der Waals surface area contributed by atoms with Gasteiger partial charge in [-0.05, 0) is 31.0 Å². The number of unbranched alkanes of at least 4 members (excludes halogenated alkanes) is 1. The van der Waals surface area contributed by atoms with Crippen LogP contribution in [0.25, 0.3) is 0 Å². The number of amides is 4. The van der Waals surface area contributed by atoms with E-state index in [1.54, 1.807) is 6.07 Å². The summed E-state index contributed by atoms with van der Waals surface area (Å²) >= 11 is 0. The van der Waals surface area contributed by atoms with Crippen LogP contribution < -0.4 is 45.1 Å². The minimum Gasteiger partial charge on any atom is -0.294 e. The Bertz CT molecular complexity index is 573. The van der Waals surface area contributed by atoms with E-state index in [0.29, 0.717) is 36.8 Å². The summed E-state index contributed by atoms with van der Waals surface area (Å²) in [6.07, 6.45) is 1.95. The van der Waals surface area contributed by atoms with Gasteiger partial charge in [0.1, 0.15) is 0 Å². The lowest BCUT2D eigenvalue weighted by Crippen LogP contribution is -2.32. The van der Waals surface area contributed by atoms with Crippen molar-refractivity contribution in [3.63, 3.8) is 0 Å². The summed E-state index contributed by atoms with van der Waals surface area (Å²) < 4.78 is 0. The Hall–Kier alpha value is -3.06. The Morgan fingerprint density at radius 3 is 1.38 bits per heavy atom. The molecule has 1 aromatic rings. The van der Waals surface area contributed by atoms with Gasteiger partial charge in [0, 0.05) is 24.0 Å². The molecule has 12 N–H and O–H groups in total. The van der Waals surface area contributed by atoms with Gasteiger partial charge in [0.05, 0.1) is 0 Å². The van der Waals surface area contributed by atoms with Gasteiger partial charge in [0.2, 0.25) is 11.8 Å². The van der Waals surface area contributed by atoms with E-state index >= 15 is 0 Å². The van der Waals surface area contributed by atoms with Crippen molar-refractivity contribution in [2.45, 2.75) is 25.7 Å². The van der Waals surface area contributed by atoms with Gasteiger partial charge < -0.3 is 0 Å². The van der Waals surface area contributed by atoms with E-state index in [1.165, 1.54) is 18.2 Å². The smallest absolute Gasteiger partial charge is 0.265 e. The second kappa shape index (κ2) is 13.3. The molecule has 0 bridgehead atoms. The molecule has 0 aliphatic rings. The van der Waals surface area contributed by atoms with Crippen molar-refractivity contribution in [3.05, 3.63) is 35.4 Å². The van der Waals surface area contributed by atoms with Crippen molar-refractivity contribution in [2.75, 3.05) is 0 Å². The zero-order valence-corrected chi connectivity index (χ0v) is 14.1. The molecule has 0 aliphatic heterocycles. The number of carbonyl (C=O) groups excluding carboxylic acids is 4. The van der Waals surface area contributed by atoms with Crippen LogP contribution in [0.5, 0.6) is 0 Å². The van der Waals surface area contributed by atoms with Gasteiger partial charge in [-0.15, -0.1) is 0 Å². The van der Waals surface area contributed by atoms with E-state index in [2.05, 4.69) is 0 Å². The van der Waals surface area contributed by atoms with E-state index in [-0.39, 0.29) is 11.8 Å². The number of nitrogens with one attached hydrogen (secondary N) is 4. The minimum atomic E-state index is -0.461. The molecule has 0 fully saturated rings. The van der Waals surface area contributed by atoms with Gasteiger partial charge in [-0.2, -0.15) is 0 Å². The normalized spacial score (nSPS) is 9.23. The van der Waals surface area contributed by atoms with Crippen molar-refractivity contribution in [1.29, 1.82) is 0 Å². The molecule has 0 unspecified atom stereocenters. The molecule has 0 aromatic heterocycles. The van der Waals surface area contributed by atoms with Crippen molar-refractivity contribution < 1.29 is 19.2 Å². The van der Waals surface area contributed by atoms with Crippen LogP contribution >= 0.6 is 0 Å². The van der Waals surface area contributed by atoms with E-state index < -0.39 is 11.8 Å². The molecule has 0 heterocycles. The first-order chi connectivity index (χ1) is 12.4. The lowest BCUT2D eigenvalue weighted by Gasteiger charge is -2.02. The number of hydrazine groups is 4. The topological polar surface area (TPSA) is 220 Å². The summed E-state index contributed by atoms with van der Waals surface area (Å²) in [5.74, 6) is 18.2. The van der Waals surface area contributed by atoms with E-state index in [0.717, 1.165) is 0 Å². The molecule has 0 radical (unpaired) electrons. The predicted octanol–water partition coefficient (Wildman–Crippen LogP) is -2.58. The number of carbonyl (C=O) groups is 4. The first-order valence-electron chi connectivity index (χ1n) is 7.50. The van der Waals surface area contributed by atoms with Crippen LogP contribution in [0.1, 0.15) is 46.4 Å². The van der Waals surface area contributed by atoms with Gasteiger partial charge >= 0.3 is 0 Å². The standard InChI is InChI=1S/C8H10N4O2.C6H14N4O2/c9-11-7(13)5-2-1-3-6(4-5)8(14)12-10;7-9-5(11)3-1-2-4-6(12)10-8/h1-4H,9-10H2,(H,11,13)(H,12,14);1-4,7-8H2,(H,9,11)(H,10,12). The highest BCUT2D eigenvalue weighted by molar-refractivity contribution is 5.99. The molecule has 144 valence electrons. The fourth-order valence-corrected chi connectivity index (χ4v) is 1.68. The molecule has 26 heavy (non-hydrogen) atoms. The fraction of sp³-hybridized carbons (Fsp3) is 0.286. The highest BCUT2D eigenvalue weighted by Crippen LogP contribution is 2.04. The highest BCUT2D eigenvalue weighted by Gasteiger charge is 2.07. The molecule has 4 amide bonds. The Morgan fingerprint density at radius 2 is 1.08 bits per heavy atom. The maximum atomic E-state index is 11.1. The maximum Gasteiger partial charge on any atom is 0.265 e. The third-order valence-corrected chi connectivity index (χ3v) is 3.03. The number of nitrogens with two attached hydrogens (primary N) is 4. The van der Waals surface area contributed by atoms with Crippen LogP contribution in [0.2, 0.25) is 0 Å². The van der Waals surface area contributed by atoms with Crippen LogP contribution in [0, 0.1) is 0 Å². The predicted molar refractivity (Wildman–Crippen MR) is 92.9 cm³/mol. The lowest BCUT2D eigenvalue weighted by atomic mass is 10.1. The van der Waals surface area contributed by atoms with Crippen molar-refractivity contribution in [3.8, 4) is 0 Å². The molecule has 12 nitrogen and oxygen atoms in total. The maximum absolute atomic E-state index is 11.1. The van der Waals surface area contributed by atoms with Gasteiger partial charge in [0.25, 0.3) is 11.8 Å². The molecule has 0 saturated carbocycles. The van der Waals surface area contributed by atoms with Crippen molar-refractivity contribution in [1.82, 2.24) is 21.7 Å². The SMILES string of the molecule is NNC(=O)CCCCC(=O)NN.NNC(=O)c1cccc(C(=O)NN)c1. The number of hydrogen-bond acceptors (Lipinski definition) is 8. The second-order valence-corrected chi connectivity index (χ2v) is 4.87. The van der Waals surface area contributed by atoms with Crippen molar-refractivity contribution >= 4 is 23.6 Å². The average molecular weight is 368 g/mol. The summed E-state index contributed by atoms with van der Waals surface area (Å²) in [6, 6.07) is 6.03. The molecule has 0 aliphatic carbocycles. The Balaban J connectivity index is 0.000000488. The summed E-state index contributed by atoms with van der Waals surface area (Å²) in [5, 5.41) is 0. The molecular weight excluding hydrogens is 344 g/mol. The second-order valence-electron chi connectivity index (χ2n) is 4.87. The van der Waals surface area contributed by atoms with E-state index in [9.17, 15) is 19.2 Å². The Morgan fingerprint density at radius 1 is 0.692 bits per heavy atom. The lowest BCUT2D eigenvalue weighted by molar-refractivity contribution is -0.123. The van der Waals surface area contributed by atoms with Crippen LogP contribution in [-0.4, -0.2) is 23.6 Å². The average Bonchev–Trinajstić information content (AvgIpc) is 2.69. The van der Waals surface area contributed by atoms with Gasteiger partial charge in [0.15, 0.2) is 0 Å². The number of benzene rings is 1. The van der Waals surface area contributed by atoms with E-state index in [4.69, 9.17) is 23.4 Å². The summed E-state index contributed by atoms with van der Waals surface area (Å²) in [6.45, 7) is 0. The first-order valence-corrected chi connectivity index (χ1v) is 7.50. The van der Waals surface area contributed by atoms with Gasteiger partial charge in [-0.25, -0.2) is 23.4 Å². The fourth-order valence-electron chi connectivity index (χ4n) is 1.68. The largest absolute Gasteiger partial charge is 0.294 e. The zero-order chi connectivity index (χ0) is 19.9. The third kappa shape index (κ3) is 9.29. The molecule has 12 heteroatoms. The molecule has 1 aromatic carbocycles. The van der Waals surface area contributed by atoms with E-state index in [1.807, 2.05) is 21.7 Å². The van der Waals surface area contributed by atoms with Crippen LogP contribution in [0.4, 0.5) is 0 Å². The molecule has 0 atom stereocenters. The molecule has 0 spiro atoms. The summed E-state index contributed by atoms with van der Waals surface area (Å²) in [4.78, 5) is 43.3. The molecular formula is C14H24N8O4. The van der Waals surface area contributed by atoms with Crippen LogP contribution in [-0.2, 0) is 9.59 Å². The third-order valence-electron chi connectivity index (χ3n) is 3.03. The van der Waals surface area contributed by atoms with Crippen molar-refractivity contribution in [2.24, 2.45) is 23.4 Å². The minimum absolute atomic E-state index is 0.219. The zero-order valence-electron chi connectivity index (χ0n) is 14.1. The quantitative estimate of drug-likeness (QED) is 0.110. The van der Waals surface area contributed by atoms with Crippen LogP contribution in [0.3, 0.4) is 0 Å². The molecule has 0 saturated heterocycles. The number of hydrogen-bond donors (Lipinski definition) is 8. The Labute approximate surface area is 149 Å². The summed E-state index contributed by atoms with van der Waals surface area (Å²) in [5.41, 5.74) is 8.53.